The standard InChI is InChI=1S/C23H24Cl2N2O4/c1-3-6-19-20(22(28)30-4-2)21(27-23(29)26-19)14-9-11-15(12-10-14)31-13-16-17(24)7-5-8-18(16)25/h5,7-12,21H,3-4,6,13H2,1-2H3,(H2,26,27,29). The first-order chi connectivity index (χ1) is 14.9. The van der Waals surface area contributed by atoms with Gasteiger partial charge in [-0.3, -0.25) is 0 Å². The Hall–Kier alpha value is -2.70. The zero-order valence-corrected chi connectivity index (χ0v) is 18.8. The number of urea groups is 1. The Balaban J connectivity index is 1.83. The van der Waals surface area contributed by atoms with Crippen LogP contribution in [0.3, 0.4) is 0 Å². The molecule has 2 aromatic rings. The number of rotatable bonds is 8. The second-order valence-corrected chi connectivity index (χ2v) is 7.77. The van der Waals surface area contributed by atoms with E-state index >= 15 is 0 Å². The molecule has 0 bridgehead atoms. The minimum atomic E-state index is -0.610. The smallest absolute Gasteiger partial charge is 0.338 e. The molecule has 0 fully saturated rings. The third kappa shape index (κ3) is 5.51. The molecule has 1 atom stereocenters. The maximum absolute atomic E-state index is 12.6. The lowest BCUT2D eigenvalue weighted by Crippen LogP contribution is -2.46. The molecule has 1 aliphatic heterocycles. The number of amides is 2. The van der Waals surface area contributed by atoms with Crippen LogP contribution in [0.4, 0.5) is 4.79 Å². The summed E-state index contributed by atoms with van der Waals surface area (Å²) >= 11 is 12.4. The number of hydrogen-bond donors (Lipinski definition) is 2. The summed E-state index contributed by atoms with van der Waals surface area (Å²) < 4.78 is 11.1. The Bertz CT molecular complexity index is 969. The van der Waals surface area contributed by atoms with Crippen LogP contribution in [-0.4, -0.2) is 18.6 Å². The highest BCUT2D eigenvalue weighted by Crippen LogP contribution is 2.31. The van der Waals surface area contributed by atoms with E-state index in [1.54, 1.807) is 37.3 Å². The Kier molecular flexibility index (Phi) is 7.82. The number of nitrogens with one attached hydrogen (secondary N) is 2. The zero-order chi connectivity index (χ0) is 22.4. The van der Waals surface area contributed by atoms with E-state index in [0.29, 0.717) is 39.0 Å². The summed E-state index contributed by atoms with van der Waals surface area (Å²) in [5, 5.41) is 6.64. The van der Waals surface area contributed by atoms with Gasteiger partial charge in [0.15, 0.2) is 0 Å². The van der Waals surface area contributed by atoms with Crippen molar-refractivity contribution < 1.29 is 19.1 Å². The Morgan fingerprint density at radius 1 is 1.06 bits per heavy atom. The number of allylic oxidation sites excluding steroid dienone is 1. The SMILES string of the molecule is CCCC1=C(C(=O)OCC)C(c2ccc(OCc3c(Cl)cccc3Cl)cc2)NC(=O)N1. The van der Waals surface area contributed by atoms with Gasteiger partial charge in [-0.1, -0.05) is 54.7 Å². The van der Waals surface area contributed by atoms with Crippen molar-refractivity contribution in [3.05, 3.63) is 74.9 Å². The van der Waals surface area contributed by atoms with Crippen molar-refractivity contribution in [3.8, 4) is 5.75 Å². The zero-order valence-electron chi connectivity index (χ0n) is 17.3. The van der Waals surface area contributed by atoms with Crippen LogP contribution in [0, 0.1) is 0 Å². The van der Waals surface area contributed by atoms with Gasteiger partial charge < -0.3 is 20.1 Å². The van der Waals surface area contributed by atoms with Gasteiger partial charge in [-0.05, 0) is 43.2 Å². The predicted octanol–water partition coefficient (Wildman–Crippen LogP) is 5.54. The number of benzene rings is 2. The number of carbonyl (C=O) groups is 2. The number of esters is 1. The molecule has 2 N–H and O–H groups in total. The third-order valence-electron chi connectivity index (χ3n) is 4.81. The fraction of sp³-hybridized carbons (Fsp3) is 0.304. The Labute approximate surface area is 191 Å². The maximum atomic E-state index is 12.6. The Morgan fingerprint density at radius 3 is 2.35 bits per heavy atom. The van der Waals surface area contributed by atoms with Crippen LogP contribution in [0.2, 0.25) is 10.0 Å². The highest BCUT2D eigenvalue weighted by atomic mass is 35.5. The summed E-state index contributed by atoms with van der Waals surface area (Å²) in [5.74, 6) is 0.160. The van der Waals surface area contributed by atoms with Gasteiger partial charge in [0, 0.05) is 21.3 Å². The first-order valence-electron chi connectivity index (χ1n) is 10.1. The lowest BCUT2D eigenvalue weighted by atomic mass is 9.94. The normalized spacial score (nSPS) is 15.9. The van der Waals surface area contributed by atoms with Gasteiger partial charge in [-0.15, -0.1) is 0 Å². The lowest BCUT2D eigenvalue weighted by Gasteiger charge is -2.29. The molecule has 31 heavy (non-hydrogen) atoms. The van der Waals surface area contributed by atoms with Crippen LogP contribution in [0.5, 0.6) is 5.75 Å². The minimum absolute atomic E-state index is 0.219. The second kappa shape index (κ2) is 10.6. The summed E-state index contributed by atoms with van der Waals surface area (Å²) in [6.07, 6.45) is 1.35. The highest BCUT2D eigenvalue weighted by molar-refractivity contribution is 6.35. The minimum Gasteiger partial charge on any atom is -0.489 e. The monoisotopic (exact) mass is 462 g/mol. The van der Waals surface area contributed by atoms with Crippen LogP contribution < -0.4 is 15.4 Å². The van der Waals surface area contributed by atoms with E-state index in [-0.39, 0.29) is 19.2 Å². The van der Waals surface area contributed by atoms with Gasteiger partial charge in [0.2, 0.25) is 0 Å². The van der Waals surface area contributed by atoms with Gasteiger partial charge in [0.1, 0.15) is 12.4 Å². The van der Waals surface area contributed by atoms with Crippen LogP contribution in [-0.2, 0) is 16.1 Å². The average Bonchev–Trinajstić information content (AvgIpc) is 2.74. The molecule has 2 amide bonds. The summed E-state index contributed by atoms with van der Waals surface area (Å²) in [4.78, 5) is 24.8. The molecule has 6 nitrogen and oxygen atoms in total. The molecule has 0 spiro atoms. The van der Waals surface area contributed by atoms with Crippen molar-refractivity contribution in [2.24, 2.45) is 0 Å². The summed E-state index contributed by atoms with van der Waals surface area (Å²) in [7, 11) is 0. The molecule has 0 aromatic heterocycles. The molecule has 0 aliphatic carbocycles. The number of ether oxygens (including phenoxy) is 2. The van der Waals surface area contributed by atoms with E-state index < -0.39 is 12.0 Å². The quantitative estimate of drug-likeness (QED) is 0.504. The highest BCUT2D eigenvalue weighted by Gasteiger charge is 2.33. The van der Waals surface area contributed by atoms with E-state index in [1.165, 1.54) is 0 Å². The topological polar surface area (TPSA) is 76.7 Å². The number of hydrogen-bond acceptors (Lipinski definition) is 4. The molecular weight excluding hydrogens is 439 g/mol. The lowest BCUT2D eigenvalue weighted by molar-refractivity contribution is -0.139. The number of carbonyl (C=O) groups excluding carboxylic acids is 2. The van der Waals surface area contributed by atoms with E-state index in [1.807, 2.05) is 19.1 Å². The fourth-order valence-electron chi connectivity index (χ4n) is 3.35. The van der Waals surface area contributed by atoms with Crippen molar-refractivity contribution in [2.45, 2.75) is 39.3 Å². The molecule has 0 saturated carbocycles. The van der Waals surface area contributed by atoms with Crippen LogP contribution >= 0.6 is 23.2 Å². The van der Waals surface area contributed by atoms with Crippen molar-refractivity contribution in [1.82, 2.24) is 10.6 Å². The molecule has 1 unspecified atom stereocenters. The van der Waals surface area contributed by atoms with Gasteiger partial charge in [0.05, 0.1) is 18.2 Å². The summed E-state index contributed by atoms with van der Waals surface area (Å²) in [6.45, 7) is 4.20. The molecule has 1 heterocycles. The first kappa shape index (κ1) is 23.0. The largest absolute Gasteiger partial charge is 0.489 e. The predicted molar refractivity (Wildman–Crippen MR) is 120 cm³/mol. The third-order valence-corrected chi connectivity index (χ3v) is 5.52. The Morgan fingerprint density at radius 2 is 1.74 bits per heavy atom. The van der Waals surface area contributed by atoms with E-state index in [0.717, 1.165) is 12.0 Å². The van der Waals surface area contributed by atoms with E-state index in [2.05, 4.69) is 10.6 Å². The first-order valence-corrected chi connectivity index (χ1v) is 10.8. The van der Waals surface area contributed by atoms with Crippen LogP contribution in [0.25, 0.3) is 0 Å². The van der Waals surface area contributed by atoms with Gasteiger partial charge in [-0.25, -0.2) is 9.59 Å². The molecule has 0 saturated heterocycles. The fourth-order valence-corrected chi connectivity index (χ4v) is 3.85. The molecule has 3 rings (SSSR count). The van der Waals surface area contributed by atoms with Gasteiger partial charge >= 0.3 is 12.0 Å². The summed E-state index contributed by atoms with van der Waals surface area (Å²) in [5.41, 5.74) is 2.45. The van der Waals surface area contributed by atoms with Crippen LogP contribution in [0.1, 0.15) is 43.9 Å². The maximum Gasteiger partial charge on any atom is 0.338 e. The van der Waals surface area contributed by atoms with E-state index in [9.17, 15) is 9.59 Å². The van der Waals surface area contributed by atoms with Crippen LogP contribution in [0.15, 0.2) is 53.7 Å². The van der Waals surface area contributed by atoms with Crippen molar-refractivity contribution in [2.75, 3.05) is 6.61 Å². The van der Waals surface area contributed by atoms with Gasteiger partial charge in [0.25, 0.3) is 0 Å². The molecule has 2 aromatic carbocycles. The molecule has 1 aliphatic rings. The molecule has 164 valence electrons. The van der Waals surface area contributed by atoms with Gasteiger partial charge in [-0.2, -0.15) is 0 Å². The number of halogens is 2. The second-order valence-electron chi connectivity index (χ2n) is 6.95. The molecule has 0 radical (unpaired) electrons. The average molecular weight is 463 g/mol. The van der Waals surface area contributed by atoms with Crippen molar-refractivity contribution in [1.29, 1.82) is 0 Å². The molecule has 8 heteroatoms. The summed E-state index contributed by atoms with van der Waals surface area (Å²) in [6, 6.07) is 11.5. The van der Waals surface area contributed by atoms with Crippen molar-refractivity contribution in [3.63, 3.8) is 0 Å². The van der Waals surface area contributed by atoms with Crippen molar-refractivity contribution >= 4 is 35.2 Å². The van der Waals surface area contributed by atoms with E-state index in [4.69, 9.17) is 32.7 Å². The molecular formula is C23H24Cl2N2O4.